The molecule has 1 N–H and O–H groups in total. The van der Waals surface area contributed by atoms with Gasteiger partial charge in [-0.15, -0.1) is 0 Å². The molecule has 4 nitrogen and oxygen atoms in total. The summed E-state index contributed by atoms with van der Waals surface area (Å²) in [6, 6.07) is 2.35. The van der Waals surface area contributed by atoms with Gasteiger partial charge in [-0.05, 0) is 31.7 Å². The summed E-state index contributed by atoms with van der Waals surface area (Å²) in [5.41, 5.74) is 0.520. The molecule has 1 aliphatic rings. The highest BCUT2D eigenvalue weighted by Gasteiger charge is 2.25. The standard InChI is InChI=1S/C13H19NO3/c1-8-4-10(5-8)14-7-11-6-12(9(2)17-11)13(15)16-3/h6,8,10,14H,4-5,7H2,1-3H3. The SMILES string of the molecule is COC(=O)c1cc(CNC2CC(C)C2)oc1C. The van der Waals surface area contributed by atoms with Crippen LogP contribution in [0.5, 0.6) is 0 Å². The fraction of sp³-hybridized carbons (Fsp3) is 0.615. The molecule has 0 aliphatic heterocycles. The van der Waals surface area contributed by atoms with Gasteiger partial charge in [0.2, 0.25) is 0 Å². The largest absolute Gasteiger partial charge is 0.465 e. The maximum atomic E-state index is 11.4. The van der Waals surface area contributed by atoms with Crippen LogP contribution in [0.3, 0.4) is 0 Å². The van der Waals surface area contributed by atoms with Crippen molar-refractivity contribution in [1.82, 2.24) is 5.32 Å². The van der Waals surface area contributed by atoms with Gasteiger partial charge in [-0.3, -0.25) is 0 Å². The molecule has 0 saturated heterocycles. The quantitative estimate of drug-likeness (QED) is 0.816. The number of rotatable bonds is 4. The van der Waals surface area contributed by atoms with Crippen LogP contribution in [0.2, 0.25) is 0 Å². The van der Waals surface area contributed by atoms with Gasteiger partial charge in [-0.25, -0.2) is 4.79 Å². The first-order chi connectivity index (χ1) is 8.10. The van der Waals surface area contributed by atoms with Gasteiger partial charge in [0.1, 0.15) is 17.1 Å². The number of ether oxygens (including phenoxy) is 1. The van der Waals surface area contributed by atoms with Crippen molar-refractivity contribution in [1.29, 1.82) is 0 Å². The van der Waals surface area contributed by atoms with Gasteiger partial charge in [-0.2, -0.15) is 0 Å². The van der Waals surface area contributed by atoms with E-state index in [9.17, 15) is 4.79 Å². The second-order valence-electron chi connectivity index (χ2n) is 4.83. The lowest BCUT2D eigenvalue weighted by Gasteiger charge is -2.33. The number of nitrogens with one attached hydrogen (secondary N) is 1. The van der Waals surface area contributed by atoms with Gasteiger partial charge in [0, 0.05) is 6.04 Å². The summed E-state index contributed by atoms with van der Waals surface area (Å²) >= 11 is 0. The van der Waals surface area contributed by atoms with Crippen LogP contribution < -0.4 is 5.32 Å². The lowest BCUT2D eigenvalue weighted by Crippen LogP contribution is -2.39. The third-order valence-corrected chi connectivity index (χ3v) is 3.31. The average molecular weight is 237 g/mol. The number of carbonyl (C=O) groups is 1. The molecule has 0 amide bonds. The first-order valence-electron chi connectivity index (χ1n) is 6.01. The number of furan rings is 1. The summed E-state index contributed by atoms with van der Waals surface area (Å²) in [6.07, 6.45) is 2.45. The third kappa shape index (κ3) is 2.69. The molecule has 94 valence electrons. The molecule has 1 saturated carbocycles. The maximum Gasteiger partial charge on any atom is 0.341 e. The van der Waals surface area contributed by atoms with Crippen molar-refractivity contribution >= 4 is 5.97 Å². The molecule has 2 rings (SSSR count). The molecule has 0 atom stereocenters. The Labute approximate surface area is 101 Å². The summed E-state index contributed by atoms with van der Waals surface area (Å²) in [5.74, 6) is 1.91. The second-order valence-corrected chi connectivity index (χ2v) is 4.83. The summed E-state index contributed by atoms with van der Waals surface area (Å²) < 4.78 is 10.2. The Kier molecular flexibility index (Phi) is 3.52. The molecule has 4 heteroatoms. The van der Waals surface area contributed by atoms with Gasteiger partial charge in [0.15, 0.2) is 0 Å². The van der Waals surface area contributed by atoms with Gasteiger partial charge < -0.3 is 14.5 Å². The first-order valence-corrected chi connectivity index (χ1v) is 6.01. The minimum Gasteiger partial charge on any atom is -0.465 e. The zero-order valence-corrected chi connectivity index (χ0v) is 10.6. The zero-order valence-electron chi connectivity index (χ0n) is 10.6. The van der Waals surface area contributed by atoms with Crippen molar-refractivity contribution in [2.24, 2.45) is 5.92 Å². The molecule has 0 unspecified atom stereocenters. The summed E-state index contributed by atoms with van der Waals surface area (Å²) in [7, 11) is 1.38. The van der Waals surface area contributed by atoms with Gasteiger partial charge in [-0.1, -0.05) is 6.92 Å². The lowest BCUT2D eigenvalue weighted by atomic mass is 9.82. The molecule has 0 bridgehead atoms. The van der Waals surface area contributed by atoms with Crippen LogP contribution in [0.15, 0.2) is 10.5 Å². The number of carbonyl (C=O) groups excluding carboxylic acids is 1. The molecule has 0 radical (unpaired) electrons. The molecule has 1 aliphatic carbocycles. The number of hydrogen-bond acceptors (Lipinski definition) is 4. The monoisotopic (exact) mass is 237 g/mol. The Balaban J connectivity index is 1.91. The van der Waals surface area contributed by atoms with Crippen molar-refractivity contribution in [2.45, 2.75) is 39.3 Å². The number of esters is 1. The molecular formula is C13H19NO3. The predicted octanol–water partition coefficient (Wildman–Crippen LogP) is 2.26. The van der Waals surface area contributed by atoms with Crippen molar-refractivity contribution in [3.63, 3.8) is 0 Å². The molecule has 0 spiro atoms. The fourth-order valence-electron chi connectivity index (χ4n) is 2.26. The number of aryl methyl sites for hydroxylation is 1. The lowest BCUT2D eigenvalue weighted by molar-refractivity contribution is 0.0599. The predicted molar refractivity (Wildman–Crippen MR) is 63.8 cm³/mol. The van der Waals surface area contributed by atoms with E-state index in [0.717, 1.165) is 11.7 Å². The Morgan fingerprint density at radius 2 is 2.29 bits per heavy atom. The van der Waals surface area contributed by atoms with Gasteiger partial charge >= 0.3 is 5.97 Å². The second kappa shape index (κ2) is 4.92. The summed E-state index contributed by atoms with van der Waals surface area (Å²) in [4.78, 5) is 11.4. The van der Waals surface area contributed by atoms with Crippen LogP contribution in [0.1, 0.15) is 41.6 Å². The highest BCUT2D eigenvalue weighted by molar-refractivity contribution is 5.90. The van der Waals surface area contributed by atoms with E-state index in [1.807, 2.05) is 0 Å². The normalized spacial score (nSPS) is 23.2. The van der Waals surface area contributed by atoms with Crippen molar-refractivity contribution in [3.05, 3.63) is 23.2 Å². The Morgan fingerprint density at radius 1 is 1.59 bits per heavy atom. The topological polar surface area (TPSA) is 51.5 Å². The van der Waals surface area contributed by atoms with Crippen LogP contribution in [-0.4, -0.2) is 19.1 Å². The number of hydrogen-bond donors (Lipinski definition) is 1. The maximum absolute atomic E-state index is 11.4. The van der Waals surface area contributed by atoms with Crippen molar-refractivity contribution in [3.8, 4) is 0 Å². The van der Waals surface area contributed by atoms with Crippen LogP contribution in [0.25, 0.3) is 0 Å². The zero-order chi connectivity index (χ0) is 12.4. The van der Waals surface area contributed by atoms with E-state index in [1.165, 1.54) is 20.0 Å². The molecule has 17 heavy (non-hydrogen) atoms. The van der Waals surface area contributed by atoms with Crippen molar-refractivity contribution in [2.75, 3.05) is 7.11 Å². The number of methoxy groups -OCH3 is 1. The molecule has 0 aromatic carbocycles. The van der Waals surface area contributed by atoms with Gasteiger partial charge in [0.05, 0.1) is 13.7 Å². The minimum atomic E-state index is -0.338. The van der Waals surface area contributed by atoms with E-state index in [2.05, 4.69) is 17.0 Å². The van der Waals surface area contributed by atoms with Crippen LogP contribution in [0.4, 0.5) is 0 Å². The first kappa shape index (κ1) is 12.2. The molecule has 1 heterocycles. The summed E-state index contributed by atoms with van der Waals surface area (Å²) in [5, 5.41) is 3.42. The fourth-order valence-corrected chi connectivity index (χ4v) is 2.26. The molecule has 1 fully saturated rings. The molecular weight excluding hydrogens is 218 g/mol. The highest BCUT2D eigenvalue weighted by atomic mass is 16.5. The van der Waals surface area contributed by atoms with E-state index in [0.29, 0.717) is 23.9 Å². The molecule has 1 aromatic rings. The van der Waals surface area contributed by atoms with Gasteiger partial charge in [0.25, 0.3) is 0 Å². The van der Waals surface area contributed by atoms with Crippen LogP contribution in [0, 0.1) is 12.8 Å². The molecule has 1 aromatic heterocycles. The van der Waals surface area contributed by atoms with E-state index >= 15 is 0 Å². The Bertz CT molecular complexity index is 405. The van der Waals surface area contributed by atoms with E-state index in [1.54, 1.807) is 13.0 Å². The van der Waals surface area contributed by atoms with Crippen LogP contribution >= 0.6 is 0 Å². The Morgan fingerprint density at radius 3 is 2.88 bits per heavy atom. The van der Waals surface area contributed by atoms with E-state index in [-0.39, 0.29) is 5.97 Å². The Hall–Kier alpha value is -1.29. The van der Waals surface area contributed by atoms with Crippen LogP contribution in [-0.2, 0) is 11.3 Å². The van der Waals surface area contributed by atoms with E-state index in [4.69, 9.17) is 4.42 Å². The average Bonchev–Trinajstić information content (AvgIpc) is 2.63. The third-order valence-electron chi connectivity index (χ3n) is 3.31. The van der Waals surface area contributed by atoms with Crippen molar-refractivity contribution < 1.29 is 13.9 Å². The smallest absolute Gasteiger partial charge is 0.341 e. The minimum absolute atomic E-state index is 0.338. The summed E-state index contributed by atoms with van der Waals surface area (Å²) in [6.45, 7) is 4.71. The highest BCUT2D eigenvalue weighted by Crippen LogP contribution is 2.26. The van der Waals surface area contributed by atoms with E-state index < -0.39 is 0 Å².